The zero-order valence-corrected chi connectivity index (χ0v) is 19.9. The molecule has 2 saturated carbocycles. The van der Waals surface area contributed by atoms with Gasteiger partial charge in [-0.2, -0.15) is 0 Å². The van der Waals surface area contributed by atoms with Crippen LogP contribution in [0.2, 0.25) is 0 Å². The molecular weight excluding hydrogens is 594 g/mol. The number of cyclic esters (lactones) is 1. The first kappa shape index (κ1) is 20.2. The van der Waals surface area contributed by atoms with Gasteiger partial charge in [0.1, 0.15) is 0 Å². The summed E-state index contributed by atoms with van der Waals surface area (Å²) in [7, 11) is 0. The van der Waals surface area contributed by atoms with Crippen LogP contribution in [0, 0.1) is 23.7 Å². The van der Waals surface area contributed by atoms with Gasteiger partial charge in [0.15, 0.2) is 0 Å². The van der Waals surface area contributed by atoms with Crippen LogP contribution in [0.1, 0.15) is 45.4 Å². The van der Waals surface area contributed by atoms with Gasteiger partial charge < -0.3 is 0 Å². The number of hydrogen-bond donors (Lipinski definition) is 3. The fourth-order valence-electron chi connectivity index (χ4n) is 5.01. The number of nitrogens with one attached hydrogen (secondary N) is 2. The maximum atomic E-state index is 13.0. The molecule has 5 aliphatic rings. The summed E-state index contributed by atoms with van der Waals surface area (Å²) in [6, 6.07) is 0. The molecule has 158 valence electrons. The van der Waals surface area contributed by atoms with Gasteiger partial charge >= 0.3 is 180 Å². The van der Waals surface area contributed by atoms with Crippen molar-refractivity contribution in [3.63, 3.8) is 0 Å². The van der Waals surface area contributed by atoms with Gasteiger partial charge in [0, 0.05) is 0 Å². The molecule has 28 heavy (non-hydrogen) atoms. The van der Waals surface area contributed by atoms with Crippen LogP contribution in [0.25, 0.3) is 0 Å². The molecule has 5 rings (SSSR count). The molecule has 3 saturated heterocycles. The van der Waals surface area contributed by atoms with Gasteiger partial charge in [-0.25, -0.2) is 0 Å². The summed E-state index contributed by atoms with van der Waals surface area (Å²) in [6.07, 6.45) is 3.80. The Balaban J connectivity index is 1.28. The summed E-state index contributed by atoms with van der Waals surface area (Å²) < 4.78 is 23.6. The Hall–Kier alpha value is 0.240. The van der Waals surface area contributed by atoms with E-state index in [1.165, 1.54) is 6.42 Å². The second-order valence-electron chi connectivity index (χ2n) is 8.54. The minimum atomic E-state index is -1.21. The predicted octanol–water partition coefficient (Wildman–Crippen LogP) is 1.97. The van der Waals surface area contributed by atoms with Crippen LogP contribution in [-0.4, -0.2) is 43.3 Å². The number of esters is 2. The molecule has 8 nitrogen and oxygen atoms in total. The monoisotopic (exact) mass is 620 g/mol. The van der Waals surface area contributed by atoms with Gasteiger partial charge in [-0.1, -0.05) is 6.42 Å². The molecule has 7 unspecified atom stereocenters. The van der Waals surface area contributed by atoms with Crippen LogP contribution < -0.4 is 7.06 Å². The summed E-state index contributed by atoms with van der Waals surface area (Å²) in [5.41, 5.74) is 0. The third-order valence-corrected chi connectivity index (χ3v) is 14.0. The van der Waals surface area contributed by atoms with Crippen LogP contribution in [0.3, 0.4) is 0 Å². The van der Waals surface area contributed by atoms with Crippen molar-refractivity contribution in [1.29, 1.82) is 0 Å². The Labute approximate surface area is 185 Å². The molecule has 0 radical (unpaired) electrons. The Kier molecular flexibility index (Phi) is 5.35. The number of carbonyl (C=O) groups is 2. The SMILES string of the molecule is CC1CC2C(OC(O)C(I)C34NI3N4)OC(=O)C1C2C(=O)OC1CCCCC1. The topological polar surface area (TPSA) is 126 Å². The van der Waals surface area contributed by atoms with Crippen LogP contribution in [0.5, 0.6) is 0 Å². The number of halogens is 2. The van der Waals surface area contributed by atoms with Gasteiger partial charge in [0.25, 0.3) is 0 Å². The molecule has 2 bridgehead atoms. The molecule has 0 aromatic rings. The molecule has 7 atom stereocenters. The van der Waals surface area contributed by atoms with Gasteiger partial charge in [-0.05, 0) is 0 Å². The molecule has 0 spiro atoms. The maximum absolute atomic E-state index is 13.0. The van der Waals surface area contributed by atoms with Crippen LogP contribution in [0.15, 0.2) is 0 Å². The van der Waals surface area contributed by atoms with E-state index >= 15 is 0 Å². The predicted molar refractivity (Wildman–Crippen MR) is 115 cm³/mol. The second kappa shape index (κ2) is 7.43. The first-order valence-electron chi connectivity index (χ1n) is 10.0. The first-order valence-corrected chi connectivity index (χ1v) is 14.5. The molecule has 5 fully saturated rings. The number of hydrogen-bond acceptors (Lipinski definition) is 8. The standard InChI is InChI=1S/C18H26I2N2O6/c1-8-7-10-12(15(24)26-9-5-3-2-4-6-9)11(8)14(23)27-17(10)28-16(25)13(19)18-20(21-18)22-18/h8-13,16-17,21-22,25H,2-7H2,1H3. The van der Waals surface area contributed by atoms with Crippen molar-refractivity contribution in [2.24, 2.45) is 23.7 Å². The van der Waals surface area contributed by atoms with Gasteiger partial charge in [0.05, 0.1) is 0 Å². The van der Waals surface area contributed by atoms with Crippen LogP contribution in [0.4, 0.5) is 0 Å². The first-order chi connectivity index (χ1) is 13.4. The normalized spacial score (nSPS) is 41.6. The Morgan fingerprint density at radius 3 is 2.68 bits per heavy atom. The number of aliphatic hydroxyl groups excluding tert-OH is 1. The fraction of sp³-hybridized carbons (Fsp3) is 0.889. The number of fused-ring (bicyclic) bond motifs is 3. The van der Waals surface area contributed by atoms with Crippen molar-refractivity contribution in [2.45, 2.75) is 71.7 Å². The average molecular weight is 620 g/mol. The van der Waals surface area contributed by atoms with Crippen molar-refractivity contribution in [3.8, 4) is 0 Å². The zero-order valence-electron chi connectivity index (χ0n) is 15.6. The zero-order chi connectivity index (χ0) is 19.6. The van der Waals surface area contributed by atoms with Crippen molar-refractivity contribution >= 4 is 54.9 Å². The van der Waals surface area contributed by atoms with E-state index in [1.54, 1.807) is 0 Å². The summed E-state index contributed by atoms with van der Waals surface area (Å²) in [5.74, 6) is -1.94. The molecule has 3 heterocycles. The summed E-state index contributed by atoms with van der Waals surface area (Å²) >= 11 is 0.967. The Bertz CT molecular complexity index is 668. The van der Waals surface area contributed by atoms with Gasteiger partial charge in [0.2, 0.25) is 0 Å². The fourth-order valence-corrected chi connectivity index (χ4v) is 12.6. The van der Waals surface area contributed by atoms with E-state index in [4.69, 9.17) is 14.2 Å². The van der Waals surface area contributed by atoms with E-state index in [-0.39, 0.29) is 31.5 Å². The molecule has 2 aliphatic carbocycles. The van der Waals surface area contributed by atoms with Gasteiger partial charge in [-0.3, -0.25) is 0 Å². The molecule has 10 heteroatoms. The van der Waals surface area contributed by atoms with Crippen molar-refractivity contribution in [2.75, 3.05) is 0 Å². The van der Waals surface area contributed by atoms with E-state index in [1.807, 2.05) is 6.92 Å². The third kappa shape index (κ3) is 3.39. The Morgan fingerprint density at radius 2 is 2.04 bits per heavy atom. The minimum absolute atomic E-state index is 0.0362. The van der Waals surface area contributed by atoms with E-state index in [0.29, 0.717) is 6.42 Å². The van der Waals surface area contributed by atoms with Crippen LogP contribution >= 0.6 is 43.0 Å². The molecular formula is C18H26I2N2O6. The average Bonchev–Trinajstić information content (AvgIpc) is 3.51. The summed E-state index contributed by atoms with van der Waals surface area (Å²) in [6.45, 7) is 1.98. The summed E-state index contributed by atoms with van der Waals surface area (Å²) in [5, 5.41) is 10.5. The second-order valence-corrected chi connectivity index (χ2v) is 14.3. The Morgan fingerprint density at radius 1 is 1.36 bits per heavy atom. The van der Waals surface area contributed by atoms with Crippen molar-refractivity contribution < 1.29 is 28.9 Å². The van der Waals surface area contributed by atoms with E-state index < -0.39 is 50.8 Å². The number of ether oxygens (including phenoxy) is 3. The van der Waals surface area contributed by atoms with E-state index in [9.17, 15) is 14.7 Å². The molecule has 3 N–H and O–H groups in total. The van der Waals surface area contributed by atoms with E-state index in [0.717, 1.165) is 25.7 Å². The quantitative estimate of drug-likeness (QED) is 0.0784. The van der Waals surface area contributed by atoms with Crippen molar-refractivity contribution in [3.05, 3.63) is 0 Å². The molecule has 0 amide bonds. The summed E-state index contributed by atoms with van der Waals surface area (Å²) in [4.78, 5) is 25.6. The number of aliphatic hydroxyl groups is 1. The molecule has 0 aromatic carbocycles. The number of carbonyl (C=O) groups excluding carboxylic acids is 2. The molecule has 3 aliphatic heterocycles. The molecule has 0 aromatic heterocycles. The third-order valence-electron chi connectivity index (χ3n) is 6.66. The van der Waals surface area contributed by atoms with Gasteiger partial charge in [-0.15, -0.1) is 0 Å². The van der Waals surface area contributed by atoms with Crippen LogP contribution in [-0.2, 0) is 23.8 Å². The van der Waals surface area contributed by atoms with Crippen molar-refractivity contribution in [1.82, 2.24) is 7.06 Å². The number of alkyl halides is 2. The van der Waals surface area contributed by atoms with E-state index in [2.05, 4.69) is 29.7 Å². The number of rotatable bonds is 6.